The van der Waals surface area contributed by atoms with Crippen LogP contribution in [0.25, 0.3) is 0 Å². The van der Waals surface area contributed by atoms with Crippen molar-refractivity contribution in [3.8, 4) is 0 Å². The monoisotopic (exact) mass is 277 g/mol. The highest BCUT2D eigenvalue weighted by Crippen LogP contribution is 2.16. The number of carbonyl (C=O) groups excluding carboxylic acids is 1. The minimum atomic E-state index is -0.578. The third-order valence-electron chi connectivity index (χ3n) is 2.40. The second kappa shape index (κ2) is 6.82. The first-order valence-electron chi connectivity index (χ1n) is 5.40. The van der Waals surface area contributed by atoms with Crippen LogP contribution in [0.3, 0.4) is 0 Å². The number of rotatable bonds is 5. The third kappa shape index (κ3) is 3.86. The fraction of sp³-hybridized carbons (Fsp3) is 0.417. The minimum Gasteiger partial charge on any atom is -0.339 e. The molecule has 0 unspecified atom stereocenters. The summed E-state index contributed by atoms with van der Waals surface area (Å²) >= 11 is 11.1. The quantitative estimate of drug-likeness (QED) is 0.754. The van der Waals surface area contributed by atoms with Crippen LogP contribution in [0.5, 0.6) is 0 Å². The van der Waals surface area contributed by atoms with Crippen LogP contribution in [0.1, 0.15) is 23.7 Å². The second-order valence-corrected chi connectivity index (χ2v) is 4.34. The number of halogens is 3. The molecular weight excluding hydrogens is 264 g/mol. The molecule has 0 bridgehead atoms. The molecule has 0 atom stereocenters. The van der Waals surface area contributed by atoms with Crippen molar-refractivity contribution in [3.05, 3.63) is 34.6 Å². The summed E-state index contributed by atoms with van der Waals surface area (Å²) in [6.07, 6.45) is 0.719. The lowest BCUT2D eigenvalue weighted by molar-refractivity contribution is 0.0764. The van der Waals surface area contributed by atoms with E-state index in [-0.39, 0.29) is 10.9 Å². The molecule has 0 aromatic heterocycles. The molecule has 94 valence electrons. The smallest absolute Gasteiger partial charge is 0.253 e. The molecule has 0 N–H and O–H groups in total. The van der Waals surface area contributed by atoms with Crippen LogP contribution in [0, 0.1) is 5.82 Å². The van der Waals surface area contributed by atoms with E-state index in [0.717, 1.165) is 12.5 Å². The van der Waals surface area contributed by atoms with Crippen molar-refractivity contribution < 1.29 is 9.18 Å². The van der Waals surface area contributed by atoms with Crippen LogP contribution in [0.4, 0.5) is 4.39 Å². The fourth-order valence-electron chi connectivity index (χ4n) is 1.47. The number of hydrogen-bond acceptors (Lipinski definition) is 1. The Bertz CT molecular complexity index is 398. The van der Waals surface area contributed by atoms with E-state index in [0.29, 0.717) is 24.5 Å². The zero-order valence-corrected chi connectivity index (χ0v) is 11.1. The molecule has 0 aliphatic heterocycles. The van der Waals surface area contributed by atoms with E-state index < -0.39 is 5.82 Å². The molecule has 0 fully saturated rings. The molecule has 0 radical (unpaired) electrons. The summed E-state index contributed by atoms with van der Waals surface area (Å²) in [5.41, 5.74) is 0.309. The summed E-state index contributed by atoms with van der Waals surface area (Å²) in [6.45, 7) is 3.02. The van der Waals surface area contributed by atoms with Gasteiger partial charge in [-0.05, 0) is 31.5 Å². The maximum atomic E-state index is 13.2. The molecule has 0 aliphatic carbocycles. The van der Waals surface area contributed by atoms with Gasteiger partial charge in [-0.3, -0.25) is 4.79 Å². The average molecular weight is 278 g/mol. The normalized spacial score (nSPS) is 10.4. The highest BCUT2D eigenvalue weighted by molar-refractivity contribution is 6.30. The highest BCUT2D eigenvalue weighted by atomic mass is 35.5. The Morgan fingerprint density at radius 2 is 2.18 bits per heavy atom. The van der Waals surface area contributed by atoms with Gasteiger partial charge in [0.1, 0.15) is 5.82 Å². The molecule has 1 aromatic carbocycles. The van der Waals surface area contributed by atoms with Gasteiger partial charge in [-0.15, -0.1) is 11.6 Å². The molecule has 0 spiro atoms. The summed E-state index contributed by atoms with van der Waals surface area (Å²) in [4.78, 5) is 13.6. The maximum absolute atomic E-state index is 13.2. The van der Waals surface area contributed by atoms with Gasteiger partial charge in [0.05, 0.1) is 5.02 Å². The van der Waals surface area contributed by atoms with E-state index >= 15 is 0 Å². The lowest BCUT2D eigenvalue weighted by Gasteiger charge is -2.20. The van der Waals surface area contributed by atoms with Crippen LogP contribution in [0.2, 0.25) is 5.02 Å². The molecule has 0 saturated carbocycles. The zero-order chi connectivity index (χ0) is 12.8. The molecule has 1 amide bonds. The largest absolute Gasteiger partial charge is 0.339 e. The van der Waals surface area contributed by atoms with Crippen LogP contribution in [-0.2, 0) is 0 Å². The van der Waals surface area contributed by atoms with Crippen molar-refractivity contribution >= 4 is 29.1 Å². The van der Waals surface area contributed by atoms with Crippen molar-refractivity contribution in [1.29, 1.82) is 0 Å². The first-order valence-corrected chi connectivity index (χ1v) is 6.31. The summed E-state index contributed by atoms with van der Waals surface area (Å²) in [5, 5.41) is 0.0188. The number of carbonyl (C=O) groups is 1. The van der Waals surface area contributed by atoms with Crippen molar-refractivity contribution in [2.24, 2.45) is 0 Å². The van der Waals surface area contributed by atoms with Gasteiger partial charge < -0.3 is 4.90 Å². The molecule has 0 heterocycles. The van der Waals surface area contributed by atoms with Crippen LogP contribution < -0.4 is 0 Å². The Hall–Kier alpha value is -0.800. The number of hydrogen-bond donors (Lipinski definition) is 0. The number of alkyl halides is 1. The summed E-state index contributed by atoms with van der Waals surface area (Å²) < 4.78 is 13.2. The van der Waals surface area contributed by atoms with E-state index in [1.54, 1.807) is 4.90 Å². The van der Waals surface area contributed by atoms with Gasteiger partial charge in [-0.1, -0.05) is 11.6 Å². The topological polar surface area (TPSA) is 20.3 Å². The highest BCUT2D eigenvalue weighted by Gasteiger charge is 2.15. The second-order valence-electron chi connectivity index (χ2n) is 3.56. The summed E-state index contributed by atoms with van der Waals surface area (Å²) in [5.74, 6) is -0.280. The molecule has 1 aromatic rings. The predicted molar refractivity (Wildman–Crippen MR) is 68.3 cm³/mol. The first kappa shape index (κ1) is 14.3. The van der Waals surface area contributed by atoms with Crippen LogP contribution in [0.15, 0.2) is 18.2 Å². The summed E-state index contributed by atoms with van der Waals surface area (Å²) in [7, 11) is 0. The molecule has 0 aliphatic rings. The Morgan fingerprint density at radius 1 is 1.47 bits per heavy atom. The Labute approximate surface area is 110 Å². The molecule has 17 heavy (non-hydrogen) atoms. The van der Waals surface area contributed by atoms with Gasteiger partial charge in [-0.2, -0.15) is 0 Å². The SMILES string of the molecule is CCN(CCCCl)C(=O)c1ccc(Cl)c(F)c1. The summed E-state index contributed by atoms with van der Waals surface area (Å²) in [6, 6.07) is 4.07. The first-order chi connectivity index (χ1) is 8.10. The van der Waals surface area contributed by atoms with Crippen LogP contribution >= 0.6 is 23.2 Å². The maximum Gasteiger partial charge on any atom is 0.253 e. The van der Waals surface area contributed by atoms with E-state index in [1.165, 1.54) is 12.1 Å². The van der Waals surface area contributed by atoms with Gasteiger partial charge in [0, 0.05) is 24.5 Å². The van der Waals surface area contributed by atoms with Crippen LogP contribution in [-0.4, -0.2) is 29.8 Å². The van der Waals surface area contributed by atoms with E-state index in [9.17, 15) is 9.18 Å². The number of benzene rings is 1. The Kier molecular flexibility index (Phi) is 5.72. The van der Waals surface area contributed by atoms with Crippen molar-refractivity contribution in [3.63, 3.8) is 0 Å². The van der Waals surface area contributed by atoms with Crippen molar-refractivity contribution in [1.82, 2.24) is 4.90 Å². The lowest BCUT2D eigenvalue weighted by Crippen LogP contribution is -2.32. The van der Waals surface area contributed by atoms with Gasteiger partial charge in [0.2, 0.25) is 0 Å². The van der Waals surface area contributed by atoms with E-state index in [1.807, 2.05) is 6.92 Å². The Morgan fingerprint density at radius 3 is 2.71 bits per heavy atom. The van der Waals surface area contributed by atoms with Gasteiger partial charge in [0.25, 0.3) is 5.91 Å². The number of nitrogens with zero attached hydrogens (tertiary/aromatic N) is 1. The van der Waals surface area contributed by atoms with Gasteiger partial charge >= 0.3 is 0 Å². The lowest BCUT2D eigenvalue weighted by atomic mass is 10.2. The molecular formula is C12H14Cl2FNO. The van der Waals surface area contributed by atoms with E-state index in [2.05, 4.69) is 0 Å². The molecule has 1 rings (SSSR count). The standard InChI is InChI=1S/C12H14Cl2FNO/c1-2-16(7-3-6-13)12(17)9-4-5-10(14)11(15)8-9/h4-5,8H,2-3,6-7H2,1H3. The zero-order valence-electron chi connectivity index (χ0n) is 9.55. The molecule has 5 heteroatoms. The molecule has 2 nitrogen and oxygen atoms in total. The Balaban J connectivity index is 2.82. The van der Waals surface area contributed by atoms with Gasteiger partial charge in [-0.25, -0.2) is 4.39 Å². The van der Waals surface area contributed by atoms with Gasteiger partial charge in [0.15, 0.2) is 0 Å². The molecule has 0 saturated heterocycles. The minimum absolute atomic E-state index is 0.0188. The predicted octanol–water partition coefficient (Wildman–Crippen LogP) is 3.57. The fourth-order valence-corrected chi connectivity index (χ4v) is 1.70. The van der Waals surface area contributed by atoms with E-state index in [4.69, 9.17) is 23.2 Å². The van der Waals surface area contributed by atoms with Crippen molar-refractivity contribution in [2.75, 3.05) is 19.0 Å². The number of amides is 1. The average Bonchev–Trinajstić information content (AvgIpc) is 2.33. The van der Waals surface area contributed by atoms with Crippen molar-refractivity contribution in [2.45, 2.75) is 13.3 Å². The third-order valence-corrected chi connectivity index (χ3v) is 2.97.